The van der Waals surface area contributed by atoms with E-state index in [-0.39, 0.29) is 56.8 Å². The topological polar surface area (TPSA) is 77.1 Å². The van der Waals surface area contributed by atoms with Crippen molar-refractivity contribution < 1.29 is 35.8 Å². The van der Waals surface area contributed by atoms with Gasteiger partial charge in [-0.05, 0) is 36.8 Å². The number of ether oxygens (including phenoxy) is 3. The Balaban J connectivity index is 1.47. The van der Waals surface area contributed by atoms with Gasteiger partial charge in [0.15, 0.2) is 11.6 Å². The van der Waals surface area contributed by atoms with Gasteiger partial charge in [0, 0.05) is 36.4 Å². The van der Waals surface area contributed by atoms with Crippen LogP contribution < -0.4 is 14.2 Å². The highest BCUT2D eigenvalue weighted by atomic mass is 32.2. The third-order valence-corrected chi connectivity index (χ3v) is 8.54. The molecular formula is C28H31F3N2O5S2. The second-order valence-electron chi connectivity index (χ2n) is 9.44. The molecule has 3 aromatic rings. The van der Waals surface area contributed by atoms with Gasteiger partial charge in [0.1, 0.15) is 23.9 Å². The van der Waals surface area contributed by atoms with Gasteiger partial charge in [0.2, 0.25) is 0 Å². The average Bonchev–Trinajstić information content (AvgIpc) is 3.27. The van der Waals surface area contributed by atoms with Gasteiger partial charge in [0.25, 0.3) is 10.2 Å². The Hall–Kier alpha value is -2.77. The minimum Gasteiger partial charge on any atom is -0.494 e. The Labute approximate surface area is 237 Å². The Morgan fingerprint density at radius 1 is 0.900 bits per heavy atom. The molecule has 12 heteroatoms. The Bertz CT molecular complexity index is 1350. The highest BCUT2D eigenvalue weighted by Gasteiger charge is 2.50. The summed E-state index contributed by atoms with van der Waals surface area (Å²) in [5.74, 6) is -2.22. The lowest BCUT2D eigenvalue weighted by Crippen LogP contribution is -2.55. The van der Waals surface area contributed by atoms with Crippen molar-refractivity contribution in [3.63, 3.8) is 0 Å². The SMILES string of the molecule is O=S(=O)(NCCOc1ccccc1)N1C[C@H](S)C[C@@]1(CCOc1ccccc1)COCc1cc(F)c(F)cc1F. The van der Waals surface area contributed by atoms with Crippen molar-refractivity contribution in [2.45, 2.75) is 30.2 Å². The largest absolute Gasteiger partial charge is 0.494 e. The number of benzene rings is 3. The van der Waals surface area contributed by atoms with Crippen LogP contribution in [0.1, 0.15) is 18.4 Å². The molecule has 0 spiro atoms. The highest BCUT2D eigenvalue weighted by Crippen LogP contribution is 2.38. The van der Waals surface area contributed by atoms with Crippen LogP contribution in [0.4, 0.5) is 13.2 Å². The molecule has 2 atom stereocenters. The summed E-state index contributed by atoms with van der Waals surface area (Å²) in [5.41, 5.74) is -1.27. The van der Waals surface area contributed by atoms with Gasteiger partial charge in [0.05, 0.1) is 25.4 Å². The van der Waals surface area contributed by atoms with Crippen molar-refractivity contribution in [1.82, 2.24) is 9.03 Å². The zero-order valence-electron chi connectivity index (χ0n) is 21.6. The van der Waals surface area contributed by atoms with Gasteiger partial charge < -0.3 is 14.2 Å². The van der Waals surface area contributed by atoms with Crippen LogP contribution in [0, 0.1) is 17.5 Å². The molecule has 0 radical (unpaired) electrons. The van der Waals surface area contributed by atoms with Gasteiger partial charge in [-0.15, -0.1) is 0 Å². The molecular weight excluding hydrogens is 565 g/mol. The van der Waals surface area contributed by atoms with Crippen LogP contribution in [-0.2, 0) is 21.6 Å². The third-order valence-electron chi connectivity index (χ3n) is 6.51. The predicted octanol–water partition coefficient (Wildman–Crippen LogP) is 4.75. The molecule has 216 valence electrons. The number of rotatable bonds is 14. The minimum atomic E-state index is -4.03. The lowest BCUT2D eigenvalue weighted by Gasteiger charge is -2.37. The fraction of sp³-hybridized carbons (Fsp3) is 0.357. The van der Waals surface area contributed by atoms with Crippen LogP contribution in [0.2, 0.25) is 0 Å². The highest BCUT2D eigenvalue weighted by molar-refractivity contribution is 7.87. The van der Waals surface area contributed by atoms with Crippen molar-refractivity contribution in [1.29, 1.82) is 0 Å². The van der Waals surface area contributed by atoms with Gasteiger partial charge in [-0.1, -0.05) is 36.4 Å². The molecule has 1 aliphatic heterocycles. The van der Waals surface area contributed by atoms with E-state index in [4.69, 9.17) is 14.2 Å². The zero-order chi connectivity index (χ0) is 28.6. The average molecular weight is 597 g/mol. The monoisotopic (exact) mass is 596 g/mol. The maximum absolute atomic E-state index is 14.2. The number of thiol groups is 1. The van der Waals surface area contributed by atoms with Crippen LogP contribution >= 0.6 is 12.6 Å². The smallest absolute Gasteiger partial charge is 0.280 e. The van der Waals surface area contributed by atoms with Crippen molar-refractivity contribution in [2.75, 3.05) is 32.9 Å². The van der Waals surface area contributed by atoms with Crippen molar-refractivity contribution in [3.8, 4) is 11.5 Å². The Morgan fingerprint density at radius 2 is 1.50 bits per heavy atom. The summed E-state index contributed by atoms with van der Waals surface area (Å²) in [7, 11) is -4.03. The fourth-order valence-electron chi connectivity index (χ4n) is 4.61. The molecule has 1 N–H and O–H groups in total. The van der Waals surface area contributed by atoms with Crippen LogP contribution in [0.25, 0.3) is 0 Å². The van der Waals surface area contributed by atoms with Crippen molar-refractivity contribution >= 4 is 22.8 Å². The van der Waals surface area contributed by atoms with E-state index in [9.17, 15) is 21.6 Å². The molecule has 4 rings (SSSR count). The maximum Gasteiger partial charge on any atom is 0.280 e. The van der Waals surface area contributed by atoms with Gasteiger partial charge in [-0.25, -0.2) is 13.2 Å². The molecule has 3 aromatic carbocycles. The molecule has 40 heavy (non-hydrogen) atoms. The zero-order valence-corrected chi connectivity index (χ0v) is 23.4. The second-order valence-corrected chi connectivity index (χ2v) is 11.8. The van der Waals surface area contributed by atoms with Crippen LogP contribution in [0.5, 0.6) is 11.5 Å². The van der Waals surface area contributed by atoms with Gasteiger partial charge in [-0.3, -0.25) is 0 Å². The Morgan fingerprint density at radius 3 is 2.15 bits per heavy atom. The van der Waals surface area contributed by atoms with Gasteiger partial charge >= 0.3 is 0 Å². The van der Waals surface area contributed by atoms with E-state index in [1.165, 1.54) is 4.31 Å². The first-order chi connectivity index (χ1) is 19.2. The van der Waals surface area contributed by atoms with Crippen LogP contribution in [0.3, 0.4) is 0 Å². The first-order valence-electron chi connectivity index (χ1n) is 12.7. The van der Waals surface area contributed by atoms with E-state index in [1.54, 1.807) is 24.3 Å². The van der Waals surface area contributed by atoms with Crippen LogP contribution in [-0.4, -0.2) is 56.4 Å². The fourth-order valence-corrected chi connectivity index (χ4v) is 6.82. The van der Waals surface area contributed by atoms with E-state index >= 15 is 0 Å². The number of halogens is 3. The molecule has 0 aliphatic carbocycles. The van der Waals surface area contributed by atoms with E-state index in [2.05, 4.69) is 17.4 Å². The molecule has 0 saturated carbocycles. The molecule has 0 bridgehead atoms. The molecule has 1 fully saturated rings. The predicted molar refractivity (Wildman–Crippen MR) is 148 cm³/mol. The molecule has 7 nitrogen and oxygen atoms in total. The lowest BCUT2D eigenvalue weighted by atomic mass is 9.94. The van der Waals surface area contributed by atoms with E-state index in [1.807, 2.05) is 36.4 Å². The number of nitrogens with one attached hydrogen (secondary N) is 1. The molecule has 1 heterocycles. The minimum absolute atomic E-state index is 0.0164. The first kappa shape index (κ1) is 30.2. The first-order valence-corrected chi connectivity index (χ1v) is 14.7. The summed E-state index contributed by atoms with van der Waals surface area (Å²) >= 11 is 4.57. The summed E-state index contributed by atoms with van der Waals surface area (Å²) in [6.07, 6.45) is 0.566. The Kier molecular flexibility index (Phi) is 10.4. The van der Waals surface area contributed by atoms with Crippen LogP contribution in [0.15, 0.2) is 72.8 Å². The molecule has 0 aromatic heterocycles. The summed E-state index contributed by atoms with van der Waals surface area (Å²) in [6, 6.07) is 19.3. The van der Waals surface area contributed by atoms with E-state index in [0.717, 1.165) is 6.07 Å². The maximum atomic E-state index is 14.2. The van der Waals surface area contributed by atoms with Crippen molar-refractivity contribution in [2.24, 2.45) is 0 Å². The number of para-hydroxylation sites is 2. The summed E-state index contributed by atoms with van der Waals surface area (Å²) in [6.45, 7) is -0.140. The van der Waals surface area contributed by atoms with Gasteiger partial charge in [-0.2, -0.15) is 30.1 Å². The molecule has 0 unspecified atom stereocenters. The quantitative estimate of drug-likeness (QED) is 0.160. The number of hydrogen-bond acceptors (Lipinski definition) is 6. The lowest BCUT2D eigenvalue weighted by molar-refractivity contribution is 0.0243. The van der Waals surface area contributed by atoms with Crippen molar-refractivity contribution in [3.05, 3.63) is 95.8 Å². The summed E-state index contributed by atoms with van der Waals surface area (Å²) in [4.78, 5) is 0. The normalized spacial score (nSPS) is 19.6. The third kappa shape index (κ3) is 7.91. The standard InChI is InChI=1S/C28H31F3N2O5S2/c29-25-16-27(31)26(30)15-21(25)19-36-20-28(11-13-37-22-7-3-1-4-8-22)17-24(39)18-33(28)40(34,35)32-12-14-38-23-9-5-2-6-10-23/h1-10,15-16,24,32,39H,11-14,17-20H2/t24-,28+/m1/s1. The molecule has 1 saturated heterocycles. The molecule has 1 aliphatic rings. The number of hydrogen-bond donors (Lipinski definition) is 2. The number of nitrogens with zero attached hydrogens (tertiary/aromatic N) is 1. The molecule has 0 amide bonds. The summed E-state index contributed by atoms with van der Waals surface area (Å²) in [5, 5.41) is -0.308. The van der Waals surface area contributed by atoms with E-state index < -0.39 is 33.2 Å². The summed E-state index contributed by atoms with van der Waals surface area (Å²) < 4.78 is 89.3. The second kappa shape index (κ2) is 13.7. The van der Waals surface area contributed by atoms with E-state index in [0.29, 0.717) is 24.0 Å².